The minimum absolute atomic E-state index is 0.0317. The lowest BCUT2D eigenvalue weighted by atomic mass is 10.1. The van der Waals surface area contributed by atoms with Crippen molar-refractivity contribution in [3.8, 4) is 0 Å². The predicted molar refractivity (Wildman–Crippen MR) is 61.5 cm³/mol. The number of carbonyl (C=O) groups is 1. The van der Waals surface area contributed by atoms with E-state index < -0.39 is 0 Å². The molecular formula is C11H22N2O3. The smallest absolute Gasteiger partial charge is 0.317 e. The lowest BCUT2D eigenvalue weighted by Gasteiger charge is -2.25. The molecule has 0 radical (unpaired) electrons. The zero-order valence-electron chi connectivity index (χ0n) is 10.7. The van der Waals surface area contributed by atoms with Crippen molar-refractivity contribution in [2.75, 3.05) is 27.3 Å². The van der Waals surface area contributed by atoms with Crippen LogP contribution in [0.1, 0.15) is 20.8 Å². The van der Waals surface area contributed by atoms with E-state index >= 15 is 0 Å². The van der Waals surface area contributed by atoms with E-state index in [1.807, 2.05) is 20.8 Å². The fourth-order valence-electron chi connectivity index (χ4n) is 1.76. The molecule has 1 aliphatic rings. The Bertz CT molecular complexity index is 238. The van der Waals surface area contributed by atoms with Crippen molar-refractivity contribution in [1.29, 1.82) is 0 Å². The SMILES string of the molecule is COC1CN(C(=O)NC(C)(C)C)CC1OC. The quantitative estimate of drug-likeness (QED) is 0.765. The van der Waals surface area contributed by atoms with Crippen LogP contribution in [0.5, 0.6) is 0 Å². The van der Waals surface area contributed by atoms with Crippen molar-refractivity contribution in [2.24, 2.45) is 0 Å². The van der Waals surface area contributed by atoms with Crippen molar-refractivity contribution in [3.05, 3.63) is 0 Å². The van der Waals surface area contributed by atoms with Gasteiger partial charge in [0, 0.05) is 19.8 Å². The second kappa shape index (κ2) is 5.01. The largest absolute Gasteiger partial charge is 0.377 e. The first-order chi connectivity index (χ1) is 7.37. The number of hydrogen-bond donors (Lipinski definition) is 1. The van der Waals surface area contributed by atoms with E-state index in [1.54, 1.807) is 19.1 Å². The molecule has 0 aromatic carbocycles. The highest BCUT2D eigenvalue weighted by molar-refractivity contribution is 5.75. The van der Waals surface area contributed by atoms with Gasteiger partial charge in [-0.05, 0) is 20.8 Å². The summed E-state index contributed by atoms with van der Waals surface area (Å²) in [6.07, 6.45) is -0.0635. The molecule has 0 spiro atoms. The highest BCUT2D eigenvalue weighted by atomic mass is 16.5. The van der Waals surface area contributed by atoms with E-state index in [4.69, 9.17) is 9.47 Å². The van der Waals surface area contributed by atoms with Crippen molar-refractivity contribution in [2.45, 2.75) is 38.5 Å². The molecule has 1 heterocycles. The summed E-state index contributed by atoms with van der Waals surface area (Å²) in [4.78, 5) is 13.6. The number of likely N-dealkylation sites (tertiary alicyclic amines) is 1. The van der Waals surface area contributed by atoms with Crippen molar-refractivity contribution < 1.29 is 14.3 Å². The molecule has 94 valence electrons. The van der Waals surface area contributed by atoms with Gasteiger partial charge in [-0.15, -0.1) is 0 Å². The zero-order valence-corrected chi connectivity index (χ0v) is 10.7. The number of amides is 2. The van der Waals surface area contributed by atoms with Gasteiger partial charge in [-0.2, -0.15) is 0 Å². The molecule has 2 unspecified atom stereocenters. The average Bonchev–Trinajstić information content (AvgIpc) is 2.57. The maximum Gasteiger partial charge on any atom is 0.317 e. The Kier molecular flexibility index (Phi) is 4.15. The van der Waals surface area contributed by atoms with Crippen LogP contribution in [-0.4, -0.2) is 56.0 Å². The lowest BCUT2D eigenvalue weighted by Crippen LogP contribution is -2.48. The number of nitrogens with one attached hydrogen (secondary N) is 1. The summed E-state index contributed by atoms with van der Waals surface area (Å²) < 4.78 is 10.6. The van der Waals surface area contributed by atoms with Crippen LogP contribution in [0.3, 0.4) is 0 Å². The Balaban J connectivity index is 2.54. The minimum atomic E-state index is -0.217. The molecule has 2 amide bonds. The Morgan fingerprint density at radius 2 is 1.62 bits per heavy atom. The molecule has 1 fully saturated rings. The fourth-order valence-corrected chi connectivity index (χ4v) is 1.76. The molecule has 0 aliphatic carbocycles. The molecule has 2 atom stereocenters. The van der Waals surface area contributed by atoms with Gasteiger partial charge in [0.15, 0.2) is 0 Å². The van der Waals surface area contributed by atoms with E-state index in [2.05, 4.69) is 5.32 Å². The maximum absolute atomic E-state index is 11.9. The van der Waals surface area contributed by atoms with Gasteiger partial charge in [0.1, 0.15) is 12.2 Å². The summed E-state index contributed by atoms with van der Waals surface area (Å²) in [5, 5.41) is 2.93. The number of urea groups is 1. The number of nitrogens with zero attached hydrogens (tertiary/aromatic N) is 1. The fraction of sp³-hybridized carbons (Fsp3) is 0.909. The van der Waals surface area contributed by atoms with Crippen LogP contribution in [0.15, 0.2) is 0 Å². The number of methoxy groups -OCH3 is 2. The van der Waals surface area contributed by atoms with Crippen LogP contribution in [-0.2, 0) is 9.47 Å². The van der Waals surface area contributed by atoms with E-state index in [9.17, 15) is 4.79 Å². The third kappa shape index (κ3) is 3.35. The van der Waals surface area contributed by atoms with Gasteiger partial charge in [0.05, 0.1) is 13.1 Å². The van der Waals surface area contributed by atoms with E-state index in [0.29, 0.717) is 13.1 Å². The molecule has 1 N–H and O–H groups in total. The second-order valence-corrected chi connectivity index (χ2v) is 5.13. The predicted octanol–water partition coefficient (Wildman–Crippen LogP) is 0.840. The second-order valence-electron chi connectivity index (χ2n) is 5.13. The van der Waals surface area contributed by atoms with E-state index in [1.165, 1.54) is 0 Å². The summed E-state index contributed by atoms with van der Waals surface area (Å²) in [7, 11) is 3.28. The van der Waals surface area contributed by atoms with Gasteiger partial charge in [0.2, 0.25) is 0 Å². The van der Waals surface area contributed by atoms with Crippen LogP contribution in [0, 0.1) is 0 Å². The van der Waals surface area contributed by atoms with Crippen LogP contribution in [0.25, 0.3) is 0 Å². The van der Waals surface area contributed by atoms with Crippen LogP contribution in [0.4, 0.5) is 4.79 Å². The first-order valence-corrected chi connectivity index (χ1v) is 5.50. The highest BCUT2D eigenvalue weighted by Gasteiger charge is 2.36. The van der Waals surface area contributed by atoms with Crippen LogP contribution < -0.4 is 5.32 Å². The number of ether oxygens (including phenoxy) is 2. The topological polar surface area (TPSA) is 50.8 Å². The Hall–Kier alpha value is -0.810. The van der Waals surface area contributed by atoms with Crippen molar-refractivity contribution in [1.82, 2.24) is 10.2 Å². The van der Waals surface area contributed by atoms with Crippen LogP contribution in [0.2, 0.25) is 0 Å². The van der Waals surface area contributed by atoms with Gasteiger partial charge < -0.3 is 19.7 Å². The third-order valence-corrected chi connectivity index (χ3v) is 2.59. The molecule has 0 aromatic heterocycles. The van der Waals surface area contributed by atoms with Gasteiger partial charge in [-0.3, -0.25) is 0 Å². The zero-order chi connectivity index (χ0) is 12.3. The normalized spacial score (nSPS) is 25.9. The van der Waals surface area contributed by atoms with Crippen molar-refractivity contribution in [3.63, 3.8) is 0 Å². The first kappa shape index (κ1) is 13.3. The number of rotatable bonds is 2. The summed E-state index contributed by atoms with van der Waals surface area (Å²) in [5.74, 6) is 0. The first-order valence-electron chi connectivity index (χ1n) is 5.50. The molecule has 1 saturated heterocycles. The molecule has 5 heteroatoms. The average molecular weight is 230 g/mol. The van der Waals surface area contributed by atoms with Crippen molar-refractivity contribution >= 4 is 6.03 Å². The molecule has 0 saturated carbocycles. The lowest BCUT2D eigenvalue weighted by molar-refractivity contribution is -0.00461. The summed E-state index contributed by atoms with van der Waals surface area (Å²) in [6, 6.07) is -0.0610. The van der Waals surface area contributed by atoms with E-state index in [0.717, 1.165) is 0 Å². The Morgan fingerprint density at radius 3 is 1.94 bits per heavy atom. The highest BCUT2D eigenvalue weighted by Crippen LogP contribution is 2.16. The summed E-state index contributed by atoms with van der Waals surface area (Å²) >= 11 is 0. The van der Waals surface area contributed by atoms with Crippen LogP contribution >= 0.6 is 0 Å². The summed E-state index contributed by atoms with van der Waals surface area (Å²) in [6.45, 7) is 7.04. The molecule has 1 aliphatic heterocycles. The maximum atomic E-state index is 11.9. The molecule has 0 aromatic rings. The standard InChI is InChI=1S/C11H22N2O3/c1-11(2,3)12-10(14)13-6-8(15-4)9(7-13)16-5/h8-9H,6-7H2,1-5H3,(H,12,14). The molecule has 0 bridgehead atoms. The number of hydrogen-bond acceptors (Lipinski definition) is 3. The summed E-state index contributed by atoms with van der Waals surface area (Å²) in [5.41, 5.74) is -0.217. The Labute approximate surface area is 97.1 Å². The molecular weight excluding hydrogens is 208 g/mol. The minimum Gasteiger partial charge on any atom is -0.377 e. The molecule has 5 nitrogen and oxygen atoms in total. The number of carbonyl (C=O) groups excluding carboxylic acids is 1. The molecule has 1 rings (SSSR count). The third-order valence-electron chi connectivity index (χ3n) is 2.59. The monoisotopic (exact) mass is 230 g/mol. The van der Waals surface area contributed by atoms with E-state index in [-0.39, 0.29) is 23.8 Å². The molecule has 16 heavy (non-hydrogen) atoms. The van der Waals surface area contributed by atoms with Gasteiger partial charge in [0.25, 0.3) is 0 Å². The van der Waals surface area contributed by atoms with Gasteiger partial charge in [-0.25, -0.2) is 4.79 Å². The van der Waals surface area contributed by atoms with Gasteiger partial charge in [-0.1, -0.05) is 0 Å². The van der Waals surface area contributed by atoms with Gasteiger partial charge >= 0.3 is 6.03 Å². The Morgan fingerprint density at radius 1 is 1.19 bits per heavy atom.